The van der Waals surface area contributed by atoms with Gasteiger partial charge in [0, 0.05) is 13.1 Å². The number of ether oxygens (including phenoxy) is 1. The zero-order valence-electron chi connectivity index (χ0n) is 11.5. The molecule has 0 spiro atoms. The molecule has 0 amide bonds. The smallest absolute Gasteiger partial charge is 0.278 e. The molecule has 0 aliphatic heterocycles. The summed E-state index contributed by atoms with van der Waals surface area (Å²) in [7, 11) is 3.96. The van der Waals surface area contributed by atoms with Crippen molar-refractivity contribution in [3.8, 4) is 5.88 Å². The van der Waals surface area contributed by atoms with E-state index in [0.717, 1.165) is 13.0 Å². The van der Waals surface area contributed by atoms with Crippen molar-refractivity contribution in [1.82, 2.24) is 9.88 Å². The molecule has 0 aliphatic rings. The van der Waals surface area contributed by atoms with E-state index in [-0.39, 0.29) is 11.6 Å². The van der Waals surface area contributed by atoms with Crippen LogP contribution in [0.3, 0.4) is 0 Å². The molecule has 1 aromatic heterocycles. The summed E-state index contributed by atoms with van der Waals surface area (Å²) in [6.07, 6.45) is 0.841. The lowest BCUT2D eigenvalue weighted by Gasteiger charge is -2.10. The Morgan fingerprint density at radius 3 is 2.79 bits per heavy atom. The molecule has 1 heterocycles. The van der Waals surface area contributed by atoms with Crippen LogP contribution < -0.4 is 10.1 Å². The third kappa shape index (κ3) is 5.52. The maximum absolute atomic E-state index is 10.8. The first-order valence-electron chi connectivity index (χ1n) is 6.20. The van der Waals surface area contributed by atoms with Crippen molar-refractivity contribution < 1.29 is 9.66 Å². The van der Waals surface area contributed by atoms with Gasteiger partial charge in [-0.1, -0.05) is 0 Å². The minimum atomic E-state index is -0.449. The van der Waals surface area contributed by atoms with Crippen molar-refractivity contribution in [1.29, 1.82) is 0 Å². The molecule has 0 radical (unpaired) electrons. The molecule has 0 aliphatic carbocycles. The van der Waals surface area contributed by atoms with Gasteiger partial charge in [-0.2, -0.15) is 4.98 Å². The first kappa shape index (κ1) is 15.2. The van der Waals surface area contributed by atoms with Crippen molar-refractivity contribution in [2.24, 2.45) is 0 Å². The zero-order valence-corrected chi connectivity index (χ0v) is 11.5. The molecule has 0 fully saturated rings. The van der Waals surface area contributed by atoms with E-state index in [4.69, 9.17) is 4.74 Å². The normalized spacial score (nSPS) is 10.5. The number of rotatable bonds is 8. The summed E-state index contributed by atoms with van der Waals surface area (Å²) in [5.74, 6) is 0.739. The van der Waals surface area contributed by atoms with Crippen LogP contribution in [0, 0.1) is 10.1 Å². The van der Waals surface area contributed by atoms with Crippen LogP contribution in [0.25, 0.3) is 0 Å². The number of pyridine rings is 1. The lowest BCUT2D eigenvalue weighted by molar-refractivity contribution is -0.384. The number of nitrogens with zero attached hydrogens (tertiary/aromatic N) is 3. The third-order valence-corrected chi connectivity index (χ3v) is 2.35. The predicted molar refractivity (Wildman–Crippen MR) is 73.7 cm³/mol. The fraction of sp³-hybridized carbons (Fsp3) is 0.583. The first-order chi connectivity index (χ1) is 9.02. The van der Waals surface area contributed by atoms with Crippen LogP contribution in [0.2, 0.25) is 0 Å². The molecule has 1 N–H and O–H groups in total. The van der Waals surface area contributed by atoms with Crippen molar-refractivity contribution in [3.05, 3.63) is 22.2 Å². The summed E-state index contributed by atoms with van der Waals surface area (Å²) in [5.41, 5.74) is -0.0199. The van der Waals surface area contributed by atoms with E-state index in [1.54, 1.807) is 0 Å². The standard InChI is InChI=1S/C12H20N4O3/c1-4-13-11-8-10(16(17)18)9-12(14-11)19-7-5-6-15(2)3/h8-9H,4-7H2,1-3H3,(H,13,14). The Balaban J connectivity index is 2.67. The lowest BCUT2D eigenvalue weighted by Crippen LogP contribution is -2.15. The largest absolute Gasteiger partial charge is 0.477 e. The zero-order chi connectivity index (χ0) is 14.3. The van der Waals surface area contributed by atoms with Crippen molar-refractivity contribution in [3.63, 3.8) is 0 Å². The Morgan fingerprint density at radius 2 is 2.21 bits per heavy atom. The van der Waals surface area contributed by atoms with Gasteiger partial charge >= 0.3 is 0 Å². The van der Waals surface area contributed by atoms with Crippen LogP contribution in [-0.4, -0.2) is 48.6 Å². The fourth-order valence-electron chi connectivity index (χ4n) is 1.50. The highest BCUT2D eigenvalue weighted by atomic mass is 16.6. The number of hydrogen-bond acceptors (Lipinski definition) is 6. The SMILES string of the molecule is CCNc1cc([N+](=O)[O-])cc(OCCCN(C)C)n1. The first-order valence-corrected chi connectivity index (χ1v) is 6.20. The second-order valence-corrected chi connectivity index (χ2v) is 4.34. The Hall–Kier alpha value is -1.89. The third-order valence-electron chi connectivity index (χ3n) is 2.35. The van der Waals surface area contributed by atoms with Gasteiger partial charge in [0.1, 0.15) is 5.82 Å². The van der Waals surface area contributed by atoms with Crippen LogP contribution in [0.1, 0.15) is 13.3 Å². The van der Waals surface area contributed by atoms with Gasteiger partial charge in [-0.15, -0.1) is 0 Å². The number of nitro groups is 1. The molecule has 1 rings (SSSR count). The van der Waals surface area contributed by atoms with E-state index in [9.17, 15) is 10.1 Å². The molecule has 1 aromatic rings. The van der Waals surface area contributed by atoms with Crippen LogP contribution >= 0.6 is 0 Å². The van der Waals surface area contributed by atoms with Crippen LogP contribution in [0.4, 0.5) is 11.5 Å². The molecule has 0 atom stereocenters. The minimum absolute atomic E-state index is 0.0199. The summed E-state index contributed by atoms with van der Waals surface area (Å²) in [6.45, 7) is 3.93. The van der Waals surface area contributed by atoms with Gasteiger partial charge in [-0.3, -0.25) is 10.1 Å². The van der Waals surface area contributed by atoms with E-state index in [1.807, 2.05) is 25.9 Å². The number of anilines is 1. The van der Waals surface area contributed by atoms with Crippen LogP contribution in [-0.2, 0) is 0 Å². The van der Waals surface area contributed by atoms with Crippen molar-refractivity contribution in [2.75, 3.05) is 39.1 Å². The molecule has 0 aromatic carbocycles. The lowest BCUT2D eigenvalue weighted by atomic mass is 10.4. The highest BCUT2D eigenvalue weighted by Gasteiger charge is 2.11. The van der Waals surface area contributed by atoms with Crippen LogP contribution in [0.15, 0.2) is 12.1 Å². The fourth-order valence-corrected chi connectivity index (χ4v) is 1.50. The molecule has 0 saturated carbocycles. The van der Waals surface area contributed by atoms with E-state index in [2.05, 4.69) is 10.3 Å². The molecule has 0 bridgehead atoms. The number of hydrogen-bond donors (Lipinski definition) is 1. The van der Waals surface area contributed by atoms with Gasteiger partial charge in [0.25, 0.3) is 5.69 Å². The number of aromatic nitrogens is 1. The maximum Gasteiger partial charge on any atom is 0.278 e. The highest BCUT2D eigenvalue weighted by molar-refractivity contribution is 5.48. The molecule has 19 heavy (non-hydrogen) atoms. The van der Waals surface area contributed by atoms with Gasteiger partial charge < -0.3 is 15.0 Å². The topological polar surface area (TPSA) is 80.5 Å². The summed E-state index contributed by atoms with van der Waals surface area (Å²) >= 11 is 0. The summed E-state index contributed by atoms with van der Waals surface area (Å²) in [5, 5.41) is 13.8. The monoisotopic (exact) mass is 268 g/mol. The maximum atomic E-state index is 10.8. The molecule has 0 saturated heterocycles. The van der Waals surface area contributed by atoms with Gasteiger partial charge in [0.05, 0.1) is 23.7 Å². The summed E-state index contributed by atoms with van der Waals surface area (Å²) in [4.78, 5) is 16.6. The predicted octanol–water partition coefficient (Wildman–Crippen LogP) is 1.75. The Labute approximate surface area is 112 Å². The Bertz CT molecular complexity index is 423. The summed E-state index contributed by atoms with van der Waals surface area (Å²) in [6, 6.07) is 2.74. The van der Waals surface area contributed by atoms with E-state index < -0.39 is 4.92 Å². The quantitative estimate of drug-likeness (QED) is 0.439. The second kappa shape index (κ2) is 7.52. The van der Waals surface area contributed by atoms with E-state index in [0.29, 0.717) is 19.0 Å². The van der Waals surface area contributed by atoms with E-state index in [1.165, 1.54) is 12.1 Å². The van der Waals surface area contributed by atoms with E-state index >= 15 is 0 Å². The molecule has 7 nitrogen and oxygen atoms in total. The highest BCUT2D eigenvalue weighted by Crippen LogP contribution is 2.22. The van der Waals surface area contributed by atoms with Crippen molar-refractivity contribution >= 4 is 11.5 Å². The van der Waals surface area contributed by atoms with Gasteiger partial charge in [-0.25, -0.2) is 0 Å². The average molecular weight is 268 g/mol. The van der Waals surface area contributed by atoms with Crippen LogP contribution in [0.5, 0.6) is 5.88 Å². The van der Waals surface area contributed by atoms with Crippen molar-refractivity contribution in [2.45, 2.75) is 13.3 Å². The summed E-state index contributed by atoms with van der Waals surface area (Å²) < 4.78 is 5.45. The molecule has 106 valence electrons. The molecule has 0 unspecified atom stereocenters. The van der Waals surface area contributed by atoms with Gasteiger partial charge in [-0.05, 0) is 27.4 Å². The molecule has 7 heteroatoms. The average Bonchev–Trinajstić information content (AvgIpc) is 2.34. The Morgan fingerprint density at radius 1 is 1.47 bits per heavy atom. The number of nitrogens with one attached hydrogen (secondary N) is 1. The minimum Gasteiger partial charge on any atom is -0.477 e. The molecular formula is C12H20N4O3. The second-order valence-electron chi connectivity index (χ2n) is 4.34. The van der Waals surface area contributed by atoms with Gasteiger partial charge in [0.2, 0.25) is 5.88 Å². The Kier molecular flexibility index (Phi) is 6.01. The van der Waals surface area contributed by atoms with Gasteiger partial charge in [0.15, 0.2) is 0 Å². The molecular weight excluding hydrogens is 248 g/mol.